The van der Waals surface area contributed by atoms with Gasteiger partial charge in [0.2, 0.25) is 0 Å². The topological polar surface area (TPSA) is 151 Å². The molecule has 0 bridgehead atoms. The minimum atomic E-state index is -0.736. The molecule has 1 aliphatic rings. The summed E-state index contributed by atoms with van der Waals surface area (Å²) >= 11 is 7.46. The van der Waals surface area contributed by atoms with Gasteiger partial charge < -0.3 is 30.3 Å². The van der Waals surface area contributed by atoms with Gasteiger partial charge in [-0.15, -0.1) is 0 Å². The standard InChI is InChI=1S/C29H37ClN8O5S/c1-5-42-25(39)15-21(31-4)28(41)43-14-13-37-9-11-38(12-10-37)24-16-23(33-19(3)34-24)35-29-32-17-22(44-29)27(40)36-26-18(2)7-6-8-20(26)30/h6-8,16-17,21,31H,5,9-15H2,1-4H3,(H,36,40)(H,32,33,34,35)/t21-/m0/s1. The van der Waals surface area contributed by atoms with Crippen LogP contribution in [0.4, 0.5) is 22.5 Å². The van der Waals surface area contributed by atoms with Crippen LogP contribution in [-0.4, -0.2) is 96.7 Å². The van der Waals surface area contributed by atoms with E-state index in [-0.39, 0.29) is 25.5 Å². The molecule has 1 fully saturated rings. The predicted octanol–water partition coefficient (Wildman–Crippen LogP) is 3.41. The van der Waals surface area contributed by atoms with Crippen LogP contribution in [0.15, 0.2) is 30.5 Å². The molecule has 3 aromatic rings. The van der Waals surface area contributed by atoms with Crippen LogP contribution < -0.4 is 20.9 Å². The van der Waals surface area contributed by atoms with Crippen molar-refractivity contribution in [3.05, 3.63) is 51.7 Å². The van der Waals surface area contributed by atoms with Crippen molar-refractivity contribution in [2.24, 2.45) is 0 Å². The summed E-state index contributed by atoms with van der Waals surface area (Å²) in [7, 11) is 1.61. The van der Waals surface area contributed by atoms with Crippen molar-refractivity contribution < 1.29 is 23.9 Å². The molecule has 4 rings (SSSR count). The molecule has 13 nitrogen and oxygen atoms in total. The Morgan fingerprint density at radius 2 is 1.89 bits per heavy atom. The molecule has 1 saturated heterocycles. The van der Waals surface area contributed by atoms with Gasteiger partial charge in [0.15, 0.2) is 5.13 Å². The second-order valence-electron chi connectivity index (χ2n) is 10.0. The smallest absolute Gasteiger partial charge is 0.323 e. The molecule has 1 atom stereocenters. The van der Waals surface area contributed by atoms with Crippen LogP contribution >= 0.6 is 22.9 Å². The molecule has 44 heavy (non-hydrogen) atoms. The zero-order chi connectivity index (χ0) is 31.6. The molecule has 0 radical (unpaired) electrons. The van der Waals surface area contributed by atoms with Gasteiger partial charge in [0, 0.05) is 38.8 Å². The number of carbonyl (C=O) groups excluding carboxylic acids is 3. The Morgan fingerprint density at radius 1 is 1.11 bits per heavy atom. The number of nitrogens with one attached hydrogen (secondary N) is 3. The minimum absolute atomic E-state index is 0.0701. The largest absolute Gasteiger partial charge is 0.466 e. The van der Waals surface area contributed by atoms with Gasteiger partial charge in [-0.05, 0) is 39.4 Å². The maximum Gasteiger partial charge on any atom is 0.323 e. The molecule has 1 aliphatic heterocycles. The summed E-state index contributed by atoms with van der Waals surface area (Å²) < 4.78 is 10.3. The Hall–Kier alpha value is -3.85. The van der Waals surface area contributed by atoms with Crippen molar-refractivity contribution in [3.63, 3.8) is 0 Å². The first-order chi connectivity index (χ1) is 21.2. The highest BCUT2D eigenvalue weighted by molar-refractivity contribution is 7.17. The highest BCUT2D eigenvalue weighted by Gasteiger charge is 2.24. The number of benzene rings is 1. The summed E-state index contributed by atoms with van der Waals surface area (Å²) in [5, 5.41) is 9.87. The third-order valence-electron chi connectivity index (χ3n) is 6.91. The van der Waals surface area contributed by atoms with Crippen molar-refractivity contribution >= 4 is 63.2 Å². The Kier molecular flexibility index (Phi) is 11.8. The number of thiazole rings is 1. The van der Waals surface area contributed by atoms with Gasteiger partial charge in [0.25, 0.3) is 5.91 Å². The first-order valence-corrected chi connectivity index (χ1v) is 15.5. The number of rotatable bonds is 13. The third kappa shape index (κ3) is 9.08. The first kappa shape index (κ1) is 33.1. The molecule has 2 aromatic heterocycles. The Bertz CT molecular complexity index is 1440. The number of ether oxygens (including phenoxy) is 2. The molecular formula is C29H37ClN8O5S. The number of likely N-dealkylation sites (N-methyl/N-ethyl adjacent to an activating group) is 1. The van der Waals surface area contributed by atoms with Crippen LogP contribution in [-0.2, 0) is 19.1 Å². The van der Waals surface area contributed by atoms with Crippen molar-refractivity contribution in [1.29, 1.82) is 0 Å². The quantitative estimate of drug-likeness (QED) is 0.234. The molecule has 0 saturated carbocycles. The van der Waals surface area contributed by atoms with Crippen molar-refractivity contribution in [1.82, 2.24) is 25.2 Å². The number of hydrogen-bond donors (Lipinski definition) is 3. The molecule has 1 amide bonds. The number of nitrogens with zero attached hydrogens (tertiary/aromatic N) is 5. The van der Waals surface area contributed by atoms with Crippen LogP contribution in [0, 0.1) is 13.8 Å². The number of hydrogen-bond acceptors (Lipinski definition) is 13. The molecule has 15 heteroatoms. The van der Waals surface area contributed by atoms with Crippen LogP contribution in [0.1, 0.15) is 34.4 Å². The summed E-state index contributed by atoms with van der Waals surface area (Å²) in [5.74, 6) is 0.751. The van der Waals surface area contributed by atoms with Crippen molar-refractivity contribution in [2.45, 2.75) is 33.2 Å². The fraction of sp³-hybridized carbons (Fsp3) is 0.448. The first-order valence-electron chi connectivity index (χ1n) is 14.3. The number of carbonyl (C=O) groups is 3. The van der Waals surface area contributed by atoms with Crippen LogP contribution in [0.25, 0.3) is 0 Å². The van der Waals surface area contributed by atoms with Gasteiger partial charge in [0.1, 0.15) is 35.0 Å². The molecular weight excluding hydrogens is 608 g/mol. The summed E-state index contributed by atoms with van der Waals surface area (Å²) in [6, 6.07) is 6.57. The maximum absolute atomic E-state index is 12.8. The van der Waals surface area contributed by atoms with E-state index in [9.17, 15) is 14.4 Å². The summed E-state index contributed by atoms with van der Waals surface area (Å²) in [6.45, 7) is 9.49. The lowest BCUT2D eigenvalue weighted by atomic mass is 10.2. The SMILES string of the molecule is CCOC(=O)C[C@H](NC)C(=O)OCCN1CCN(c2cc(Nc3ncc(C(=O)Nc4c(C)cccc4Cl)s3)nc(C)n2)CC1. The van der Waals surface area contributed by atoms with Gasteiger partial charge in [-0.3, -0.25) is 19.3 Å². The fourth-order valence-corrected chi connectivity index (χ4v) is 5.54. The normalized spacial score (nSPS) is 14.2. The molecule has 3 N–H and O–H groups in total. The highest BCUT2D eigenvalue weighted by atomic mass is 35.5. The van der Waals surface area contributed by atoms with E-state index < -0.39 is 18.0 Å². The van der Waals surface area contributed by atoms with Gasteiger partial charge in [-0.25, -0.2) is 15.0 Å². The lowest BCUT2D eigenvalue weighted by Crippen LogP contribution is -2.48. The fourth-order valence-electron chi connectivity index (χ4n) is 4.56. The maximum atomic E-state index is 12.8. The van der Waals surface area contributed by atoms with E-state index in [2.05, 4.69) is 40.7 Å². The predicted molar refractivity (Wildman–Crippen MR) is 170 cm³/mol. The number of para-hydroxylation sites is 1. The number of aryl methyl sites for hydroxylation is 2. The third-order valence-corrected chi connectivity index (χ3v) is 8.13. The van der Waals surface area contributed by atoms with Gasteiger partial charge in [-0.1, -0.05) is 35.1 Å². The van der Waals surface area contributed by atoms with Crippen LogP contribution in [0.3, 0.4) is 0 Å². The zero-order valence-corrected chi connectivity index (χ0v) is 26.8. The van der Waals surface area contributed by atoms with Crippen LogP contribution in [0.2, 0.25) is 5.02 Å². The van der Waals surface area contributed by atoms with E-state index in [0.29, 0.717) is 38.9 Å². The number of piperazine rings is 1. The monoisotopic (exact) mass is 644 g/mol. The number of amides is 1. The Morgan fingerprint density at radius 3 is 2.59 bits per heavy atom. The van der Waals surface area contributed by atoms with E-state index >= 15 is 0 Å². The number of halogens is 1. The van der Waals surface area contributed by atoms with E-state index in [4.69, 9.17) is 21.1 Å². The second kappa shape index (κ2) is 15.7. The molecule has 3 heterocycles. The average Bonchev–Trinajstić information content (AvgIpc) is 3.46. The summed E-state index contributed by atoms with van der Waals surface area (Å²) in [6.07, 6.45) is 1.44. The van der Waals surface area contributed by atoms with E-state index in [1.165, 1.54) is 17.5 Å². The van der Waals surface area contributed by atoms with Gasteiger partial charge >= 0.3 is 11.9 Å². The number of anilines is 4. The molecule has 0 aliphatic carbocycles. The Labute approximate surface area is 265 Å². The average molecular weight is 645 g/mol. The zero-order valence-electron chi connectivity index (χ0n) is 25.2. The minimum Gasteiger partial charge on any atom is -0.466 e. The summed E-state index contributed by atoms with van der Waals surface area (Å²) in [5.41, 5.74) is 1.44. The molecule has 236 valence electrons. The van der Waals surface area contributed by atoms with Crippen molar-refractivity contribution in [3.8, 4) is 0 Å². The van der Waals surface area contributed by atoms with E-state index in [1.54, 1.807) is 20.0 Å². The lowest BCUT2D eigenvalue weighted by Gasteiger charge is -2.35. The van der Waals surface area contributed by atoms with E-state index in [0.717, 1.165) is 37.6 Å². The summed E-state index contributed by atoms with van der Waals surface area (Å²) in [4.78, 5) is 55.2. The lowest BCUT2D eigenvalue weighted by molar-refractivity contribution is -0.152. The Balaban J connectivity index is 1.27. The highest BCUT2D eigenvalue weighted by Crippen LogP contribution is 2.28. The van der Waals surface area contributed by atoms with Gasteiger partial charge in [0.05, 0.1) is 29.9 Å². The van der Waals surface area contributed by atoms with Gasteiger partial charge in [-0.2, -0.15) is 0 Å². The van der Waals surface area contributed by atoms with Crippen LogP contribution in [0.5, 0.6) is 0 Å². The number of aromatic nitrogens is 3. The van der Waals surface area contributed by atoms with Crippen molar-refractivity contribution in [2.75, 3.05) is 68.5 Å². The number of esters is 2. The van der Waals surface area contributed by atoms with E-state index in [1.807, 2.05) is 32.0 Å². The molecule has 0 spiro atoms. The molecule has 1 aromatic carbocycles. The second-order valence-corrected chi connectivity index (χ2v) is 11.5. The molecule has 0 unspecified atom stereocenters.